The average molecular weight is 575 g/mol. The summed E-state index contributed by atoms with van der Waals surface area (Å²) in [4.78, 5) is 8.58. The van der Waals surface area contributed by atoms with Gasteiger partial charge in [-0.05, 0) is 35.7 Å². The number of aromatic nitrogens is 5. The number of nitrogens with zero attached hydrogens (tertiary/aromatic N) is 6. The molecule has 0 aliphatic carbocycles. The van der Waals surface area contributed by atoms with Crippen LogP contribution in [0.3, 0.4) is 0 Å². The molecule has 41 heavy (non-hydrogen) atoms. The second-order valence-corrected chi connectivity index (χ2v) is 9.71. The maximum atomic E-state index is 14.1. The van der Waals surface area contributed by atoms with Gasteiger partial charge in [0.25, 0.3) is 0 Å². The highest BCUT2D eigenvalue weighted by atomic mass is 35.5. The lowest BCUT2D eigenvalue weighted by Crippen LogP contribution is -2.27. The van der Waals surface area contributed by atoms with Gasteiger partial charge in [0.15, 0.2) is 0 Å². The van der Waals surface area contributed by atoms with Crippen molar-refractivity contribution in [3.8, 4) is 6.07 Å². The monoisotopic (exact) mass is 574 g/mol. The summed E-state index contributed by atoms with van der Waals surface area (Å²) in [7, 11) is 0. The van der Waals surface area contributed by atoms with Crippen molar-refractivity contribution in [2.75, 3.05) is 17.2 Å². The minimum absolute atomic E-state index is 0.0873. The van der Waals surface area contributed by atoms with Crippen LogP contribution in [-0.2, 0) is 6.05 Å². The minimum Gasteiger partial charge on any atom is -0.388 e. The van der Waals surface area contributed by atoms with Crippen molar-refractivity contribution in [2.45, 2.75) is 31.5 Å². The van der Waals surface area contributed by atoms with Crippen molar-refractivity contribution in [1.29, 1.82) is 5.26 Å². The first-order valence-electron chi connectivity index (χ1n) is 12.8. The molecule has 3 aromatic heterocycles. The Hall–Kier alpha value is -4.66. The highest BCUT2D eigenvalue weighted by Gasteiger charge is 2.33. The molecular formula is C29H25ClF2N8O. The zero-order valence-electron chi connectivity index (χ0n) is 21.8. The van der Waals surface area contributed by atoms with Crippen LogP contribution in [0.2, 0.25) is 5.02 Å². The van der Waals surface area contributed by atoms with Crippen molar-refractivity contribution in [1.82, 2.24) is 25.0 Å². The summed E-state index contributed by atoms with van der Waals surface area (Å²) in [6.07, 6.45) is 6.48. The molecule has 3 heterocycles. The molecule has 0 aliphatic rings. The van der Waals surface area contributed by atoms with Crippen LogP contribution in [0.25, 0.3) is 10.9 Å². The Morgan fingerprint density at radius 3 is 2.56 bits per heavy atom. The van der Waals surface area contributed by atoms with Gasteiger partial charge in [0, 0.05) is 29.7 Å². The molecule has 0 bridgehead atoms. The Labute approximate surface area is 239 Å². The molecule has 0 radical (unpaired) electrons. The summed E-state index contributed by atoms with van der Waals surface area (Å²) < 4.78 is 28.5. The predicted octanol–water partition coefficient (Wildman–Crippen LogP) is 6.05. The Kier molecular flexibility index (Phi) is 8.05. The van der Waals surface area contributed by atoms with Gasteiger partial charge in [-0.2, -0.15) is 18.7 Å². The van der Waals surface area contributed by atoms with E-state index in [1.165, 1.54) is 6.20 Å². The quantitative estimate of drug-likeness (QED) is 0.184. The van der Waals surface area contributed by atoms with Gasteiger partial charge in [-0.1, -0.05) is 60.1 Å². The normalized spacial score (nSPS) is 13.0. The lowest BCUT2D eigenvalue weighted by atomic mass is 10.0. The summed E-state index contributed by atoms with van der Waals surface area (Å²) in [5.74, 6) is 0. The molecule has 0 fully saturated rings. The van der Waals surface area contributed by atoms with E-state index in [2.05, 4.69) is 37.0 Å². The predicted molar refractivity (Wildman–Crippen MR) is 152 cm³/mol. The van der Waals surface area contributed by atoms with E-state index in [0.29, 0.717) is 43.1 Å². The van der Waals surface area contributed by atoms with E-state index in [0.717, 1.165) is 18.2 Å². The Balaban J connectivity index is 1.59. The van der Waals surface area contributed by atoms with Gasteiger partial charge >= 0.3 is 6.05 Å². The zero-order chi connectivity index (χ0) is 29.0. The fourth-order valence-corrected chi connectivity index (χ4v) is 4.81. The molecule has 0 saturated heterocycles. The smallest absolute Gasteiger partial charge is 0.367 e. The second-order valence-electron chi connectivity index (χ2n) is 9.30. The molecule has 0 unspecified atom stereocenters. The van der Waals surface area contributed by atoms with Crippen LogP contribution in [0.1, 0.15) is 47.8 Å². The molecule has 0 aliphatic heterocycles. The molecule has 0 spiro atoms. The summed E-state index contributed by atoms with van der Waals surface area (Å²) in [6.45, 7) is 0.624. The number of anilines is 2. The van der Waals surface area contributed by atoms with Gasteiger partial charge in [0.1, 0.15) is 18.4 Å². The lowest BCUT2D eigenvalue weighted by Gasteiger charge is -2.22. The Morgan fingerprint density at radius 2 is 1.88 bits per heavy atom. The highest BCUT2D eigenvalue weighted by molar-refractivity contribution is 6.35. The van der Waals surface area contributed by atoms with Crippen molar-refractivity contribution < 1.29 is 13.9 Å². The average Bonchev–Trinajstić information content (AvgIpc) is 3.50. The number of fused-ring (bicyclic) bond motifs is 1. The summed E-state index contributed by atoms with van der Waals surface area (Å²) in [5.41, 5.74) is 3.78. The fraction of sp³-hybridized carbons (Fsp3) is 0.207. The van der Waals surface area contributed by atoms with Gasteiger partial charge < -0.3 is 15.7 Å². The lowest BCUT2D eigenvalue weighted by molar-refractivity contribution is -0.131. The van der Waals surface area contributed by atoms with E-state index in [4.69, 9.17) is 16.7 Å². The van der Waals surface area contributed by atoms with Gasteiger partial charge in [0.2, 0.25) is 0 Å². The van der Waals surface area contributed by atoms with E-state index in [1.807, 2.05) is 37.3 Å². The number of nitriles is 1. The molecule has 2 atom stereocenters. The first kappa shape index (κ1) is 27.9. The van der Waals surface area contributed by atoms with Gasteiger partial charge in [-0.15, -0.1) is 5.10 Å². The van der Waals surface area contributed by atoms with Crippen LogP contribution in [0, 0.1) is 11.3 Å². The maximum absolute atomic E-state index is 14.1. The molecule has 5 aromatic rings. The van der Waals surface area contributed by atoms with E-state index < -0.39 is 18.7 Å². The SMILES string of the molecule is CC[C@@H](Nc1c(C#N)cnc2c(Cl)cc(N[C@@H](c3cccnc3)c3cn(C(F)(F)CO)nn3)cc12)c1ccccc1. The first-order valence-corrected chi connectivity index (χ1v) is 13.1. The van der Waals surface area contributed by atoms with Crippen molar-refractivity contribution in [3.63, 3.8) is 0 Å². The summed E-state index contributed by atoms with van der Waals surface area (Å²) in [6, 6.07) is 14.6. The van der Waals surface area contributed by atoms with Gasteiger partial charge in [0.05, 0.1) is 40.1 Å². The van der Waals surface area contributed by atoms with E-state index in [1.54, 1.807) is 36.7 Å². The third-order valence-electron chi connectivity index (χ3n) is 6.64. The first-order chi connectivity index (χ1) is 19.8. The number of alkyl halides is 2. The van der Waals surface area contributed by atoms with Gasteiger partial charge in [-0.25, -0.2) is 0 Å². The Morgan fingerprint density at radius 1 is 1.10 bits per heavy atom. The number of aliphatic hydroxyl groups is 1. The maximum Gasteiger partial charge on any atom is 0.367 e. The van der Waals surface area contributed by atoms with Crippen LogP contribution in [0.15, 0.2) is 79.4 Å². The number of hydrogen-bond donors (Lipinski definition) is 3. The molecule has 0 saturated carbocycles. The molecule has 208 valence electrons. The molecule has 9 nitrogen and oxygen atoms in total. The molecule has 0 amide bonds. The van der Waals surface area contributed by atoms with Gasteiger partial charge in [-0.3, -0.25) is 9.97 Å². The number of aliphatic hydroxyl groups excluding tert-OH is 1. The number of pyridine rings is 2. The van der Waals surface area contributed by atoms with Crippen LogP contribution < -0.4 is 10.6 Å². The van der Waals surface area contributed by atoms with E-state index >= 15 is 0 Å². The summed E-state index contributed by atoms with van der Waals surface area (Å²) in [5, 5.41) is 34.2. The largest absolute Gasteiger partial charge is 0.388 e. The molecular weight excluding hydrogens is 550 g/mol. The number of nitrogens with one attached hydrogen (secondary N) is 2. The van der Waals surface area contributed by atoms with E-state index in [-0.39, 0.29) is 11.7 Å². The van der Waals surface area contributed by atoms with Crippen LogP contribution in [0.4, 0.5) is 20.2 Å². The zero-order valence-corrected chi connectivity index (χ0v) is 22.6. The minimum atomic E-state index is -3.62. The van der Waals surface area contributed by atoms with Crippen LogP contribution in [0.5, 0.6) is 0 Å². The van der Waals surface area contributed by atoms with Crippen molar-refractivity contribution in [2.24, 2.45) is 0 Å². The molecule has 2 aromatic carbocycles. The van der Waals surface area contributed by atoms with Crippen molar-refractivity contribution in [3.05, 3.63) is 107 Å². The Bertz CT molecular complexity index is 1690. The molecule has 3 N–H and O–H groups in total. The third kappa shape index (κ3) is 5.79. The number of halogens is 3. The van der Waals surface area contributed by atoms with Crippen LogP contribution >= 0.6 is 11.6 Å². The number of benzene rings is 2. The third-order valence-corrected chi connectivity index (χ3v) is 6.92. The molecule has 5 rings (SSSR count). The standard InChI is InChI=1S/C29H25ClF2N8O/c1-2-24(18-7-4-3-5-8-18)37-26-20(13-33)15-35-28-22(26)11-21(12-23(28)30)36-27(19-9-6-10-34-14-19)25-16-40(39-38-25)29(31,32)17-41/h3-12,14-16,24,27,36,41H,2,17H2,1H3,(H,35,37)/t24-,27+/m1/s1. The fourth-order valence-electron chi connectivity index (χ4n) is 4.55. The summed E-state index contributed by atoms with van der Waals surface area (Å²) >= 11 is 6.69. The van der Waals surface area contributed by atoms with E-state index in [9.17, 15) is 14.0 Å². The number of hydrogen-bond acceptors (Lipinski definition) is 8. The number of rotatable bonds is 10. The highest BCUT2D eigenvalue weighted by Crippen LogP contribution is 2.37. The van der Waals surface area contributed by atoms with Crippen molar-refractivity contribution >= 4 is 33.9 Å². The second kappa shape index (κ2) is 11.8. The molecule has 12 heteroatoms. The van der Waals surface area contributed by atoms with Crippen LogP contribution in [-0.4, -0.2) is 36.7 Å². The topological polar surface area (TPSA) is 125 Å².